The summed E-state index contributed by atoms with van der Waals surface area (Å²) in [7, 11) is 0. The van der Waals surface area contributed by atoms with Gasteiger partial charge in [0.25, 0.3) is 5.91 Å². The molecule has 1 amide bonds. The van der Waals surface area contributed by atoms with Crippen molar-refractivity contribution in [2.24, 2.45) is 0 Å². The number of hydrogen-bond donors (Lipinski definition) is 2. The summed E-state index contributed by atoms with van der Waals surface area (Å²) in [5, 5.41) is 11.9. The third kappa shape index (κ3) is 6.09. The van der Waals surface area contributed by atoms with Gasteiger partial charge in [-0.25, -0.2) is 4.79 Å². The van der Waals surface area contributed by atoms with Gasteiger partial charge in [-0.05, 0) is 38.5 Å². The summed E-state index contributed by atoms with van der Waals surface area (Å²) in [6.07, 6.45) is 0. The molecule has 0 heterocycles. The van der Waals surface area contributed by atoms with Gasteiger partial charge >= 0.3 is 5.97 Å². The van der Waals surface area contributed by atoms with Crippen molar-refractivity contribution in [3.05, 3.63) is 65.7 Å². The molecule has 0 fully saturated rings. The fourth-order valence-corrected chi connectivity index (χ4v) is 2.75. The number of hydrogen-bond acceptors (Lipinski definition) is 5. The van der Waals surface area contributed by atoms with Crippen molar-refractivity contribution >= 4 is 17.6 Å². The molecule has 6 nitrogen and oxygen atoms in total. The third-order valence-corrected chi connectivity index (χ3v) is 4.20. The van der Waals surface area contributed by atoms with E-state index in [9.17, 15) is 9.59 Å². The lowest BCUT2D eigenvalue weighted by molar-refractivity contribution is -0.140. The molecule has 150 valence electrons. The standard InChI is InChI=1S/C22H28N2O4/c1-22(2,3)24(15-17-9-5-4-6-10-17)20(26)16-28-21(27)18-11-7-8-12-19(18)23-13-14-25/h4-12,23,25H,13-16H2,1-3H3. The Hall–Kier alpha value is -2.86. The molecule has 2 N–H and O–H groups in total. The number of nitrogens with zero attached hydrogens (tertiary/aromatic N) is 1. The molecule has 2 aromatic carbocycles. The Kier molecular flexibility index (Phi) is 7.58. The molecule has 0 aromatic heterocycles. The Labute approximate surface area is 166 Å². The molecule has 0 aliphatic heterocycles. The van der Waals surface area contributed by atoms with E-state index in [0.717, 1.165) is 5.56 Å². The molecule has 0 saturated heterocycles. The van der Waals surface area contributed by atoms with E-state index in [-0.39, 0.29) is 19.1 Å². The van der Waals surface area contributed by atoms with E-state index in [4.69, 9.17) is 9.84 Å². The van der Waals surface area contributed by atoms with Crippen LogP contribution in [0.1, 0.15) is 36.7 Å². The Morgan fingerprint density at radius 3 is 2.32 bits per heavy atom. The number of benzene rings is 2. The van der Waals surface area contributed by atoms with Crippen LogP contribution in [0.25, 0.3) is 0 Å². The van der Waals surface area contributed by atoms with Crippen molar-refractivity contribution in [2.75, 3.05) is 25.1 Å². The van der Waals surface area contributed by atoms with Gasteiger partial charge in [0.1, 0.15) is 0 Å². The minimum absolute atomic E-state index is 0.0537. The lowest BCUT2D eigenvalue weighted by Gasteiger charge is -2.35. The number of carbonyl (C=O) groups excluding carboxylic acids is 2. The average molecular weight is 384 g/mol. The maximum Gasteiger partial charge on any atom is 0.340 e. The number of amides is 1. The fraction of sp³-hybridized carbons (Fsp3) is 0.364. The minimum Gasteiger partial charge on any atom is -0.452 e. The van der Waals surface area contributed by atoms with Crippen molar-refractivity contribution in [2.45, 2.75) is 32.9 Å². The summed E-state index contributed by atoms with van der Waals surface area (Å²) in [5.41, 5.74) is 1.48. The predicted molar refractivity (Wildman–Crippen MR) is 109 cm³/mol. The molecule has 2 rings (SSSR count). The van der Waals surface area contributed by atoms with Gasteiger partial charge < -0.3 is 20.1 Å². The summed E-state index contributed by atoms with van der Waals surface area (Å²) in [5.74, 6) is -0.839. The van der Waals surface area contributed by atoms with Crippen LogP contribution in [0.3, 0.4) is 0 Å². The number of aliphatic hydroxyl groups is 1. The van der Waals surface area contributed by atoms with Gasteiger partial charge in [0, 0.05) is 24.3 Å². The SMILES string of the molecule is CC(C)(C)N(Cc1ccccc1)C(=O)COC(=O)c1ccccc1NCCO. The molecule has 0 radical (unpaired) electrons. The van der Waals surface area contributed by atoms with Crippen LogP contribution in [0.2, 0.25) is 0 Å². The van der Waals surface area contributed by atoms with E-state index in [1.54, 1.807) is 29.2 Å². The summed E-state index contributed by atoms with van der Waals surface area (Å²) in [4.78, 5) is 27.0. The first-order chi connectivity index (χ1) is 13.3. The summed E-state index contributed by atoms with van der Waals surface area (Å²) in [6.45, 7) is 6.21. The highest BCUT2D eigenvalue weighted by atomic mass is 16.5. The van der Waals surface area contributed by atoms with Crippen molar-refractivity contribution in [1.82, 2.24) is 4.90 Å². The molecule has 0 aliphatic rings. The quantitative estimate of drug-likeness (QED) is 0.684. The third-order valence-electron chi connectivity index (χ3n) is 4.20. The van der Waals surface area contributed by atoms with Crippen LogP contribution >= 0.6 is 0 Å². The van der Waals surface area contributed by atoms with Gasteiger partial charge in [-0.2, -0.15) is 0 Å². The second-order valence-corrected chi connectivity index (χ2v) is 7.41. The highest BCUT2D eigenvalue weighted by Gasteiger charge is 2.27. The Morgan fingerprint density at radius 1 is 1.04 bits per heavy atom. The lowest BCUT2D eigenvalue weighted by Crippen LogP contribution is -2.46. The molecular weight excluding hydrogens is 356 g/mol. The van der Waals surface area contributed by atoms with Crippen LogP contribution in [0.4, 0.5) is 5.69 Å². The first kappa shape index (κ1) is 21.4. The van der Waals surface area contributed by atoms with Gasteiger partial charge in [0.15, 0.2) is 6.61 Å². The van der Waals surface area contributed by atoms with Crippen molar-refractivity contribution in [3.8, 4) is 0 Å². The predicted octanol–water partition coefficient (Wildman–Crippen LogP) is 3.07. The Morgan fingerprint density at radius 2 is 1.68 bits per heavy atom. The molecule has 0 aliphatic carbocycles. The number of nitrogens with one attached hydrogen (secondary N) is 1. The maximum atomic E-state index is 12.8. The molecule has 0 saturated carbocycles. The van der Waals surface area contributed by atoms with Gasteiger partial charge in [-0.3, -0.25) is 4.79 Å². The van der Waals surface area contributed by atoms with Crippen LogP contribution < -0.4 is 5.32 Å². The largest absolute Gasteiger partial charge is 0.452 e. The Bertz CT molecular complexity index is 785. The summed E-state index contributed by atoms with van der Waals surface area (Å²) >= 11 is 0. The zero-order valence-corrected chi connectivity index (χ0v) is 16.6. The summed E-state index contributed by atoms with van der Waals surface area (Å²) in [6, 6.07) is 16.6. The molecule has 0 unspecified atom stereocenters. The number of ether oxygens (including phenoxy) is 1. The first-order valence-corrected chi connectivity index (χ1v) is 9.28. The fourth-order valence-electron chi connectivity index (χ4n) is 2.75. The minimum atomic E-state index is -0.581. The van der Waals surface area contributed by atoms with Crippen LogP contribution in [-0.4, -0.2) is 47.2 Å². The van der Waals surface area contributed by atoms with E-state index in [1.165, 1.54) is 0 Å². The molecule has 28 heavy (non-hydrogen) atoms. The van der Waals surface area contributed by atoms with E-state index in [2.05, 4.69) is 5.32 Å². The van der Waals surface area contributed by atoms with Gasteiger partial charge in [-0.1, -0.05) is 42.5 Å². The van der Waals surface area contributed by atoms with Crippen LogP contribution in [-0.2, 0) is 16.1 Å². The topological polar surface area (TPSA) is 78.9 Å². The Balaban J connectivity index is 2.05. The monoisotopic (exact) mass is 384 g/mol. The number of anilines is 1. The molecule has 2 aromatic rings. The normalized spacial score (nSPS) is 11.0. The molecule has 0 atom stereocenters. The second kappa shape index (κ2) is 9.90. The summed E-state index contributed by atoms with van der Waals surface area (Å²) < 4.78 is 5.29. The number of para-hydroxylation sites is 1. The number of rotatable bonds is 8. The zero-order valence-electron chi connectivity index (χ0n) is 16.6. The van der Waals surface area contributed by atoms with Gasteiger partial charge in [0.2, 0.25) is 0 Å². The smallest absolute Gasteiger partial charge is 0.340 e. The number of carbonyl (C=O) groups is 2. The van der Waals surface area contributed by atoms with E-state index in [1.807, 2.05) is 51.1 Å². The average Bonchev–Trinajstić information content (AvgIpc) is 2.68. The van der Waals surface area contributed by atoms with Crippen LogP contribution in [0.5, 0.6) is 0 Å². The van der Waals surface area contributed by atoms with Crippen LogP contribution in [0.15, 0.2) is 54.6 Å². The number of aliphatic hydroxyl groups excluding tert-OH is 1. The van der Waals surface area contributed by atoms with Crippen LogP contribution in [0, 0.1) is 0 Å². The van der Waals surface area contributed by atoms with E-state index < -0.39 is 11.5 Å². The molecule has 0 bridgehead atoms. The molecule has 6 heteroatoms. The number of esters is 1. The highest BCUT2D eigenvalue weighted by Crippen LogP contribution is 2.19. The zero-order chi connectivity index (χ0) is 20.6. The van der Waals surface area contributed by atoms with Crippen molar-refractivity contribution in [1.29, 1.82) is 0 Å². The van der Waals surface area contributed by atoms with E-state index in [0.29, 0.717) is 24.3 Å². The van der Waals surface area contributed by atoms with Gasteiger partial charge in [0.05, 0.1) is 12.2 Å². The van der Waals surface area contributed by atoms with Gasteiger partial charge in [-0.15, -0.1) is 0 Å². The van der Waals surface area contributed by atoms with Crippen molar-refractivity contribution in [3.63, 3.8) is 0 Å². The van der Waals surface area contributed by atoms with Crippen molar-refractivity contribution < 1.29 is 19.4 Å². The second-order valence-electron chi connectivity index (χ2n) is 7.41. The highest BCUT2D eigenvalue weighted by molar-refractivity contribution is 5.96. The molecule has 0 spiro atoms. The lowest BCUT2D eigenvalue weighted by atomic mass is 10.0. The first-order valence-electron chi connectivity index (χ1n) is 9.28. The molecular formula is C22H28N2O4. The van der Waals surface area contributed by atoms with E-state index >= 15 is 0 Å². The maximum absolute atomic E-state index is 12.8.